The van der Waals surface area contributed by atoms with Gasteiger partial charge in [-0.25, -0.2) is 0 Å². The molecule has 154 valence electrons. The van der Waals surface area contributed by atoms with Gasteiger partial charge in [0.05, 0.1) is 11.1 Å². The lowest BCUT2D eigenvalue weighted by molar-refractivity contribution is -0.138. The summed E-state index contributed by atoms with van der Waals surface area (Å²) in [5, 5.41) is 14.9. The fourth-order valence-corrected chi connectivity index (χ4v) is 2.46. The Morgan fingerprint density at radius 1 is 0.467 bits per heavy atom. The molecular weight excluding hydrogens is 418 g/mol. The van der Waals surface area contributed by atoms with Crippen molar-refractivity contribution < 1.29 is 35.2 Å². The van der Waals surface area contributed by atoms with E-state index in [9.17, 15) is 26.3 Å². The van der Waals surface area contributed by atoms with Gasteiger partial charge in [0.1, 0.15) is 0 Å². The largest absolute Gasteiger partial charge is 0.416 e. The number of rotatable bonds is 3. The molecule has 12 heteroatoms. The minimum atomic E-state index is -4.48. The highest BCUT2D eigenvalue weighted by Gasteiger charge is 2.31. The zero-order valence-corrected chi connectivity index (χ0v) is 14.5. The zero-order chi connectivity index (χ0) is 21.5. The molecule has 0 unspecified atom stereocenters. The van der Waals surface area contributed by atoms with E-state index in [-0.39, 0.29) is 34.7 Å². The first kappa shape index (κ1) is 19.6. The lowest BCUT2D eigenvalue weighted by Gasteiger charge is -2.05. The molecule has 0 aliphatic heterocycles. The summed E-state index contributed by atoms with van der Waals surface area (Å²) in [6, 6.07) is 8.15. The summed E-state index contributed by atoms with van der Waals surface area (Å²) in [5.41, 5.74) is -1.18. The predicted octanol–water partition coefficient (Wildman–Crippen LogP) is 5.49. The van der Waals surface area contributed by atoms with Crippen LogP contribution >= 0.6 is 0 Å². The van der Waals surface area contributed by atoms with E-state index in [1.165, 1.54) is 24.3 Å². The van der Waals surface area contributed by atoms with E-state index >= 15 is 0 Å². The third-order valence-corrected chi connectivity index (χ3v) is 3.95. The molecule has 0 radical (unpaired) electrons. The van der Waals surface area contributed by atoms with Crippen molar-refractivity contribution in [3.8, 4) is 34.7 Å². The van der Waals surface area contributed by atoms with E-state index in [1.807, 2.05) is 0 Å². The maximum Gasteiger partial charge on any atom is 0.416 e. The van der Waals surface area contributed by atoms with Gasteiger partial charge in [0.2, 0.25) is 11.8 Å². The molecule has 4 aromatic rings. The van der Waals surface area contributed by atoms with Crippen LogP contribution in [0, 0.1) is 0 Å². The second-order valence-corrected chi connectivity index (χ2v) is 5.97. The van der Waals surface area contributed by atoms with Crippen LogP contribution in [0.4, 0.5) is 26.3 Å². The molecule has 0 spiro atoms. The minimum absolute atomic E-state index is 0.0759. The molecule has 2 aromatic heterocycles. The van der Waals surface area contributed by atoms with Crippen LogP contribution in [0.25, 0.3) is 34.7 Å². The Bertz CT molecular complexity index is 1070. The van der Waals surface area contributed by atoms with Crippen LogP contribution in [0.1, 0.15) is 11.1 Å². The normalized spacial score (nSPS) is 12.3. The lowest BCUT2D eigenvalue weighted by Crippen LogP contribution is -2.03. The van der Waals surface area contributed by atoms with E-state index in [2.05, 4.69) is 20.4 Å². The van der Waals surface area contributed by atoms with Crippen molar-refractivity contribution >= 4 is 0 Å². The molecule has 0 amide bonds. The highest BCUT2D eigenvalue weighted by molar-refractivity contribution is 5.57. The van der Waals surface area contributed by atoms with E-state index in [0.29, 0.717) is 0 Å². The van der Waals surface area contributed by atoms with E-state index < -0.39 is 23.5 Å². The topological polar surface area (TPSA) is 77.8 Å². The summed E-state index contributed by atoms with van der Waals surface area (Å²) in [7, 11) is 0. The van der Waals surface area contributed by atoms with Crippen LogP contribution in [0.3, 0.4) is 0 Å². The van der Waals surface area contributed by atoms with Gasteiger partial charge >= 0.3 is 24.1 Å². The van der Waals surface area contributed by atoms with Gasteiger partial charge in [0.15, 0.2) is 0 Å². The molecular formula is C18H8F6N4O2. The molecule has 0 N–H and O–H groups in total. The van der Waals surface area contributed by atoms with Crippen LogP contribution in [0.5, 0.6) is 0 Å². The molecule has 4 rings (SSSR count). The summed E-state index contributed by atoms with van der Waals surface area (Å²) >= 11 is 0. The molecule has 0 fully saturated rings. The summed E-state index contributed by atoms with van der Waals surface area (Å²) in [4.78, 5) is 0. The molecule has 0 bridgehead atoms. The summed E-state index contributed by atoms with van der Waals surface area (Å²) in [6.45, 7) is 0. The average Bonchev–Trinajstić information content (AvgIpc) is 3.36. The summed E-state index contributed by atoms with van der Waals surface area (Å²) in [5.74, 6) is -0.549. The molecule has 30 heavy (non-hydrogen) atoms. The van der Waals surface area contributed by atoms with E-state index in [1.54, 1.807) is 0 Å². The van der Waals surface area contributed by atoms with Crippen molar-refractivity contribution in [1.29, 1.82) is 0 Å². The van der Waals surface area contributed by atoms with Crippen LogP contribution in [0.2, 0.25) is 0 Å². The predicted molar refractivity (Wildman–Crippen MR) is 88.5 cm³/mol. The van der Waals surface area contributed by atoms with Crippen LogP contribution in [0.15, 0.2) is 57.4 Å². The van der Waals surface area contributed by atoms with Crippen molar-refractivity contribution in [2.24, 2.45) is 0 Å². The first-order valence-electron chi connectivity index (χ1n) is 8.14. The Balaban J connectivity index is 1.56. The molecule has 0 saturated carbocycles. The second kappa shape index (κ2) is 6.97. The van der Waals surface area contributed by atoms with Crippen LogP contribution in [-0.2, 0) is 12.4 Å². The van der Waals surface area contributed by atoms with Crippen molar-refractivity contribution in [2.75, 3.05) is 0 Å². The highest BCUT2D eigenvalue weighted by atomic mass is 19.4. The first-order chi connectivity index (χ1) is 14.1. The minimum Gasteiger partial charge on any atom is -0.412 e. The molecule has 0 aliphatic carbocycles. The maximum atomic E-state index is 12.6. The molecule has 0 aliphatic rings. The Hall–Kier alpha value is -3.70. The number of alkyl halides is 6. The third kappa shape index (κ3) is 3.88. The van der Waals surface area contributed by atoms with Gasteiger partial charge in [-0.05, 0) is 48.5 Å². The molecule has 2 heterocycles. The highest BCUT2D eigenvalue weighted by Crippen LogP contribution is 2.33. The van der Waals surface area contributed by atoms with Gasteiger partial charge in [0.25, 0.3) is 0 Å². The zero-order valence-electron chi connectivity index (χ0n) is 14.5. The lowest BCUT2D eigenvalue weighted by atomic mass is 10.1. The first-order valence-corrected chi connectivity index (χ1v) is 8.14. The standard InChI is InChI=1S/C18H8F6N4O2/c19-17(20,21)11-5-1-9(2-6-11)13-25-27-15(29-13)16-28-26-14(30-16)10-3-7-12(8-4-10)18(22,23)24/h1-8H. The molecule has 6 nitrogen and oxygen atoms in total. The van der Waals surface area contributed by atoms with Crippen LogP contribution in [-0.4, -0.2) is 20.4 Å². The SMILES string of the molecule is FC(F)(F)c1ccc(-c2nnc(-c3nnc(-c4ccc(C(F)(F)F)cc4)o3)o2)cc1. The Labute approximate surface area is 163 Å². The maximum absolute atomic E-state index is 12.6. The summed E-state index contributed by atoms with van der Waals surface area (Å²) < 4.78 is 86.5. The molecule has 2 aromatic carbocycles. The smallest absolute Gasteiger partial charge is 0.412 e. The van der Waals surface area contributed by atoms with Crippen LogP contribution < -0.4 is 0 Å². The van der Waals surface area contributed by atoms with Crippen molar-refractivity contribution in [1.82, 2.24) is 20.4 Å². The number of benzene rings is 2. The van der Waals surface area contributed by atoms with Gasteiger partial charge in [-0.15, -0.1) is 20.4 Å². The summed E-state index contributed by atoms with van der Waals surface area (Å²) in [6.07, 6.45) is -8.95. The average molecular weight is 426 g/mol. The van der Waals surface area contributed by atoms with Gasteiger partial charge in [0, 0.05) is 11.1 Å². The van der Waals surface area contributed by atoms with Crippen molar-refractivity contribution in [2.45, 2.75) is 12.4 Å². The number of hydrogen-bond acceptors (Lipinski definition) is 6. The van der Waals surface area contributed by atoms with Gasteiger partial charge in [-0.2, -0.15) is 26.3 Å². The quantitative estimate of drug-likeness (QED) is 0.403. The number of nitrogens with zero attached hydrogens (tertiary/aromatic N) is 4. The van der Waals surface area contributed by atoms with Gasteiger partial charge in [-0.3, -0.25) is 0 Å². The molecule has 0 saturated heterocycles. The number of aromatic nitrogens is 4. The number of hydrogen-bond donors (Lipinski definition) is 0. The van der Waals surface area contributed by atoms with Crippen molar-refractivity contribution in [3.63, 3.8) is 0 Å². The number of halogens is 6. The fraction of sp³-hybridized carbons (Fsp3) is 0.111. The third-order valence-electron chi connectivity index (χ3n) is 3.95. The van der Waals surface area contributed by atoms with E-state index in [0.717, 1.165) is 24.3 Å². The van der Waals surface area contributed by atoms with Gasteiger partial charge in [-0.1, -0.05) is 0 Å². The molecule has 0 atom stereocenters. The monoisotopic (exact) mass is 426 g/mol. The second-order valence-electron chi connectivity index (χ2n) is 5.97. The Kier molecular flexibility index (Phi) is 4.56. The van der Waals surface area contributed by atoms with Crippen molar-refractivity contribution in [3.05, 3.63) is 59.7 Å². The Morgan fingerprint density at radius 2 is 0.767 bits per heavy atom. The van der Waals surface area contributed by atoms with E-state index in [4.69, 9.17) is 8.83 Å². The Morgan fingerprint density at radius 3 is 1.07 bits per heavy atom. The fourth-order valence-electron chi connectivity index (χ4n) is 2.46. The van der Waals surface area contributed by atoms with Gasteiger partial charge < -0.3 is 8.83 Å².